The van der Waals surface area contributed by atoms with Crippen molar-refractivity contribution in [2.24, 2.45) is 0 Å². The van der Waals surface area contributed by atoms with Gasteiger partial charge in [-0.25, -0.2) is 15.0 Å². The quantitative estimate of drug-likeness (QED) is 0.712. The Bertz CT molecular complexity index is 424. The van der Waals surface area contributed by atoms with Crippen molar-refractivity contribution in [3.63, 3.8) is 0 Å². The van der Waals surface area contributed by atoms with Crippen LogP contribution in [0.15, 0.2) is 23.1 Å². The molecule has 2 aromatic heterocycles. The largest absolute Gasteiger partial charge is 0.449 e. The van der Waals surface area contributed by atoms with E-state index in [2.05, 4.69) is 15.0 Å². The summed E-state index contributed by atoms with van der Waals surface area (Å²) in [4.78, 5) is 12.3. The van der Waals surface area contributed by atoms with E-state index in [9.17, 15) is 0 Å². The van der Waals surface area contributed by atoms with E-state index in [-0.39, 0.29) is 0 Å². The zero-order chi connectivity index (χ0) is 9.97. The van der Waals surface area contributed by atoms with Crippen LogP contribution in [0.3, 0.4) is 0 Å². The molecule has 0 saturated carbocycles. The van der Waals surface area contributed by atoms with Crippen molar-refractivity contribution in [2.45, 2.75) is 12.8 Å². The number of oxazole rings is 1. The minimum atomic E-state index is 0.415. The molecule has 0 bridgehead atoms. The first kappa shape index (κ1) is 9.15. The van der Waals surface area contributed by atoms with E-state index in [1.54, 1.807) is 19.3 Å². The molecule has 2 heterocycles. The fourth-order valence-electron chi connectivity index (χ4n) is 1.02. The summed E-state index contributed by atoms with van der Waals surface area (Å²) >= 11 is 5.62. The Morgan fingerprint density at radius 3 is 2.57 bits per heavy atom. The molecule has 0 N–H and O–H groups in total. The van der Waals surface area contributed by atoms with Crippen LogP contribution in [0, 0.1) is 6.92 Å². The number of alkyl halides is 1. The molecular formula is C9H8ClN3O. The second kappa shape index (κ2) is 3.75. The average Bonchev–Trinajstić information content (AvgIpc) is 2.65. The van der Waals surface area contributed by atoms with E-state index < -0.39 is 0 Å². The van der Waals surface area contributed by atoms with Gasteiger partial charge in [-0.1, -0.05) is 0 Å². The molecule has 2 rings (SSSR count). The predicted octanol–water partition coefficient (Wildman–Crippen LogP) is 2.18. The zero-order valence-electron chi connectivity index (χ0n) is 7.57. The van der Waals surface area contributed by atoms with Gasteiger partial charge in [0.15, 0.2) is 11.7 Å². The van der Waals surface area contributed by atoms with Gasteiger partial charge in [-0.15, -0.1) is 11.6 Å². The second-order valence-electron chi connectivity index (χ2n) is 2.80. The molecule has 0 aromatic carbocycles. The molecule has 0 unspecified atom stereocenters. The van der Waals surface area contributed by atoms with E-state index in [0.29, 0.717) is 23.3 Å². The van der Waals surface area contributed by atoms with Crippen LogP contribution in [0.1, 0.15) is 11.5 Å². The lowest BCUT2D eigenvalue weighted by Gasteiger charge is -1.95. The lowest BCUT2D eigenvalue weighted by atomic mass is 10.4. The van der Waals surface area contributed by atoms with Crippen LogP contribution >= 0.6 is 11.6 Å². The summed E-state index contributed by atoms with van der Waals surface area (Å²) in [7, 11) is 0. The Morgan fingerprint density at radius 2 is 2.07 bits per heavy atom. The van der Waals surface area contributed by atoms with Gasteiger partial charge >= 0.3 is 0 Å². The third-order valence-corrected chi connectivity index (χ3v) is 2.02. The van der Waals surface area contributed by atoms with Gasteiger partial charge in [0.25, 0.3) is 0 Å². The van der Waals surface area contributed by atoms with Gasteiger partial charge < -0.3 is 4.42 Å². The second-order valence-corrected chi connectivity index (χ2v) is 3.07. The van der Waals surface area contributed by atoms with Crippen molar-refractivity contribution in [1.82, 2.24) is 15.0 Å². The Hall–Kier alpha value is -1.42. The minimum absolute atomic E-state index is 0.415. The van der Waals surface area contributed by atoms with E-state index in [4.69, 9.17) is 16.0 Å². The Kier molecular flexibility index (Phi) is 2.45. The smallest absolute Gasteiger partial charge is 0.191 e. The van der Waals surface area contributed by atoms with Crippen LogP contribution in [0.5, 0.6) is 0 Å². The number of hydrogen-bond donors (Lipinski definition) is 0. The number of aryl methyl sites for hydroxylation is 1. The maximum absolute atomic E-state index is 5.62. The maximum Gasteiger partial charge on any atom is 0.191 e. The molecule has 4 nitrogen and oxygen atoms in total. The molecule has 0 atom stereocenters. The molecule has 5 heteroatoms. The first-order chi connectivity index (χ1) is 6.79. The zero-order valence-corrected chi connectivity index (χ0v) is 8.32. The summed E-state index contributed by atoms with van der Waals surface area (Å²) in [5.74, 6) is 1.57. The van der Waals surface area contributed by atoms with Crippen LogP contribution in [0.4, 0.5) is 0 Å². The van der Waals surface area contributed by atoms with Crippen LogP contribution in [-0.4, -0.2) is 15.0 Å². The molecule has 0 fully saturated rings. The highest BCUT2D eigenvalue weighted by molar-refractivity contribution is 6.17. The van der Waals surface area contributed by atoms with Crippen molar-refractivity contribution in [1.29, 1.82) is 0 Å². The highest BCUT2D eigenvalue weighted by Gasteiger charge is 2.05. The van der Waals surface area contributed by atoms with Gasteiger partial charge in [0.2, 0.25) is 0 Å². The molecule has 0 aliphatic rings. The molecule has 0 spiro atoms. The van der Waals surface area contributed by atoms with Gasteiger partial charge in [-0.05, 0) is 0 Å². The van der Waals surface area contributed by atoms with Gasteiger partial charge in [0.05, 0.1) is 5.88 Å². The fraction of sp³-hybridized carbons (Fsp3) is 0.222. The molecule has 0 saturated heterocycles. The average molecular weight is 210 g/mol. The Balaban J connectivity index is 2.33. The highest BCUT2D eigenvalue weighted by atomic mass is 35.5. The number of hydrogen-bond acceptors (Lipinski definition) is 4. The number of halogens is 1. The van der Waals surface area contributed by atoms with Crippen molar-refractivity contribution in [3.05, 3.63) is 30.1 Å². The third kappa shape index (κ3) is 1.75. The monoisotopic (exact) mass is 209 g/mol. The molecule has 0 aliphatic carbocycles. The lowest BCUT2D eigenvalue weighted by molar-refractivity contribution is 0.521. The standard InChI is InChI=1S/C9H8ClN3O/c1-6-13-8(5-14-6)9-11-3-7(2-10)4-12-9/h3-5H,2H2,1H3. The van der Waals surface area contributed by atoms with Gasteiger partial charge in [-0.3, -0.25) is 0 Å². The SMILES string of the molecule is Cc1nc(-c2ncc(CCl)cn2)co1. The topological polar surface area (TPSA) is 51.8 Å². The van der Waals surface area contributed by atoms with E-state index >= 15 is 0 Å². The number of nitrogens with zero attached hydrogens (tertiary/aromatic N) is 3. The van der Waals surface area contributed by atoms with E-state index in [0.717, 1.165) is 5.56 Å². The highest BCUT2D eigenvalue weighted by Crippen LogP contribution is 2.13. The molecule has 2 aromatic rings. The van der Waals surface area contributed by atoms with E-state index in [1.807, 2.05) is 0 Å². The van der Waals surface area contributed by atoms with Gasteiger partial charge in [0.1, 0.15) is 12.0 Å². The number of aromatic nitrogens is 3. The van der Waals surface area contributed by atoms with Crippen molar-refractivity contribution in [2.75, 3.05) is 0 Å². The summed E-state index contributed by atoms with van der Waals surface area (Å²) in [6, 6.07) is 0. The van der Waals surface area contributed by atoms with Crippen LogP contribution in [0.25, 0.3) is 11.5 Å². The van der Waals surface area contributed by atoms with Crippen molar-refractivity contribution >= 4 is 11.6 Å². The minimum Gasteiger partial charge on any atom is -0.449 e. The van der Waals surface area contributed by atoms with Gasteiger partial charge in [-0.2, -0.15) is 0 Å². The summed E-state index contributed by atoms with van der Waals surface area (Å²) in [6.07, 6.45) is 4.89. The fourth-order valence-corrected chi connectivity index (χ4v) is 1.16. The molecule has 0 amide bonds. The normalized spacial score (nSPS) is 10.4. The molecule has 0 aliphatic heterocycles. The molecule has 72 valence electrons. The summed E-state index contributed by atoms with van der Waals surface area (Å²) in [6.45, 7) is 1.77. The van der Waals surface area contributed by atoms with Crippen molar-refractivity contribution < 1.29 is 4.42 Å². The van der Waals surface area contributed by atoms with Crippen LogP contribution in [-0.2, 0) is 5.88 Å². The lowest BCUT2D eigenvalue weighted by Crippen LogP contribution is -1.90. The summed E-state index contributed by atoms with van der Waals surface area (Å²) in [5, 5.41) is 0. The van der Waals surface area contributed by atoms with Crippen molar-refractivity contribution in [3.8, 4) is 11.5 Å². The Labute approximate surface area is 86.0 Å². The van der Waals surface area contributed by atoms with Gasteiger partial charge in [0, 0.05) is 24.9 Å². The third-order valence-electron chi connectivity index (χ3n) is 1.71. The molecule has 0 radical (unpaired) electrons. The summed E-state index contributed by atoms with van der Waals surface area (Å²) in [5.41, 5.74) is 1.53. The maximum atomic E-state index is 5.62. The number of rotatable bonds is 2. The first-order valence-electron chi connectivity index (χ1n) is 4.09. The summed E-state index contributed by atoms with van der Waals surface area (Å²) < 4.78 is 5.06. The van der Waals surface area contributed by atoms with Crippen LogP contribution < -0.4 is 0 Å². The predicted molar refractivity (Wildman–Crippen MR) is 51.8 cm³/mol. The first-order valence-corrected chi connectivity index (χ1v) is 4.62. The molecule has 14 heavy (non-hydrogen) atoms. The van der Waals surface area contributed by atoms with E-state index in [1.165, 1.54) is 6.26 Å². The van der Waals surface area contributed by atoms with Crippen LogP contribution in [0.2, 0.25) is 0 Å². The molecular weight excluding hydrogens is 202 g/mol. The Morgan fingerprint density at radius 1 is 1.36 bits per heavy atom.